The molecule has 0 N–H and O–H groups in total. The van der Waals surface area contributed by atoms with Gasteiger partial charge in [-0.2, -0.15) is 0 Å². The maximum absolute atomic E-state index is 3.55. The van der Waals surface area contributed by atoms with Crippen LogP contribution in [0.3, 0.4) is 0 Å². The maximum atomic E-state index is 3.55. The Morgan fingerprint density at radius 3 is 1.31 bits per heavy atom. The summed E-state index contributed by atoms with van der Waals surface area (Å²) in [6, 6.07) is 17.4. The van der Waals surface area contributed by atoms with Crippen molar-refractivity contribution in [3.05, 3.63) is 79.4 Å². The van der Waals surface area contributed by atoms with Crippen LogP contribution in [0.15, 0.2) is 89.2 Å². The molecule has 0 amide bonds. The molecule has 0 atom stereocenters. The fourth-order valence-electron chi connectivity index (χ4n) is 3.28. The summed E-state index contributed by atoms with van der Waals surface area (Å²) in [5.74, 6) is 0. The van der Waals surface area contributed by atoms with E-state index in [1.165, 1.54) is 71.0 Å². The van der Waals surface area contributed by atoms with Gasteiger partial charge in [0.05, 0.1) is 0 Å². The molecule has 2 aromatic carbocycles. The van der Waals surface area contributed by atoms with E-state index in [0.717, 1.165) is 21.8 Å². The molecule has 0 aliphatic rings. The van der Waals surface area contributed by atoms with Gasteiger partial charge in [-0.1, -0.05) is 120 Å². The molecule has 32 heavy (non-hydrogen) atoms. The van der Waals surface area contributed by atoms with Gasteiger partial charge in [-0.25, -0.2) is 0 Å². The summed E-state index contributed by atoms with van der Waals surface area (Å²) in [6.45, 7) is 4.56. The minimum absolute atomic E-state index is 1.13. The molecule has 4 heteroatoms. The average Bonchev–Trinajstić information content (AvgIpc) is 2.80. The Morgan fingerprint density at radius 1 is 0.594 bits per heavy atom. The zero-order valence-corrected chi connectivity index (χ0v) is 24.2. The standard InChI is InChI=1S/C28H36Br2S2/c1-3-5-7-9-11-25(31-27-17-13-23(29)14-18-27)21-22-26(12-10-8-6-4-2)32-28-19-15-24(30)16-20-28/h13-22H,3-12H2,1-2H3/b25-21-,26-22-. The lowest BCUT2D eigenvalue weighted by Crippen LogP contribution is -1.84. The molecule has 0 fully saturated rings. The van der Waals surface area contributed by atoms with Gasteiger partial charge in [0.1, 0.15) is 0 Å². The summed E-state index contributed by atoms with van der Waals surface area (Å²) in [6.07, 6.45) is 17.5. The quantitative estimate of drug-likeness (QED) is 0.114. The first kappa shape index (κ1) is 27.8. The second-order valence-electron chi connectivity index (χ2n) is 8.00. The van der Waals surface area contributed by atoms with Crippen molar-refractivity contribution in [3.63, 3.8) is 0 Å². The Labute approximate surface area is 221 Å². The fraction of sp³-hybridized carbons (Fsp3) is 0.429. The number of allylic oxidation sites excluding steroid dienone is 4. The van der Waals surface area contributed by atoms with Crippen molar-refractivity contribution in [2.45, 2.75) is 87.8 Å². The van der Waals surface area contributed by atoms with Gasteiger partial charge in [-0.05, 0) is 84.0 Å². The molecule has 0 aliphatic carbocycles. The van der Waals surface area contributed by atoms with Crippen LogP contribution >= 0.6 is 55.4 Å². The highest BCUT2D eigenvalue weighted by Gasteiger charge is 2.05. The minimum Gasteiger partial charge on any atom is -0.0946 e. The van der Waals surface area contributed by atoms with Crippen LogP contribution in [0, 0.1) is 0 Å². The molecular formula is C28H36Br2S2. The third-order valence-corrected chi connectivity index (χ3v) is 8.41. The first-order valence-electron chi connectivity index (χ1n) is 11.9. The number of hydrogen-bond acceptors (Lipinski definition) is 2. The average molecular weight is 597 g/mol. The SMILES string of the molecule is CCCCCC/C(=C/C=C(/CCCCCC)Sc1ccc(Br)cc1)Sc1ccc(Br)cc1. The van der Waals surface area contributed by atoms with E-state index in [1.54, 1.807) is 0 Å². The summed E-state index contributed by atoms with van der Waals surface area (Å²) in [4.78, 5) is 5.55. The molecule has 2 aromatic rings. The van der Waals surface area contributed by atoms with Gasteiger partial charge < -0.3 is 0 Å². The first-order chi connectivity index (χ1) is 15.6. The molecule has 0 aromatic heterocycles. The van der Waals surface area contributed by atoms with E-state index in [1.807, 2.05) is 23.5 Å². The van der Waals surface area contributed by atoms with Crippen LogP contribution in [0.2, 0.25) is 0 Å². The van der Waals surface area contributed by atoms with Gasteiger partial charge in [0.2, 0.25) is 0 Å². The van der Waals surface area contributed by atoms with Crippen molar-refractivity contribution in [2.75, 3.05) is 0 Å². The lowest BCUT2D eigenvalue weighted by molar-refractivity contribution is 0.671. The second kappa shape index (κ2) is 17.1. The molecule has 0 aliphatic heterocycles. The van der Waals surface area contributed by atoms with Crippen molar-refractivity contribution >= 4 is 55.4 Å². The third-order valence-electron chi connectivity index (χ3n) is 5.13. The molecule has 0 spiro atoms. The van der Waals surface area contributed by atoms with Gasteiger partial charge >= 0.3 is 0 Å². The maximum Gasteiger partial charge on any atom is 0.0176 e. The molecule has 0 heterocycles. The molecule has 0 nitrogen and oxygen atoms in total. The van der Waals surface area contributed by atoms with Crippen LogP contribution in [0.5, 0.6) is 0 Å². The number of rotatable bonds is 15. The number of thioether (sulfide) groups is 2. The van der Waals surface area contributed by atoms with Gasteiger partial charge in [0, 0.05) is 18.7 Å². The zero-order valence-electron chi connectivity index (χ0n) is 19.4. The zero-order chi connectivity index (χ0) is 23.0. The Bertz CT molecular complexity index is 752. The number of benzene rings is 2. The predicted octanol–water partition coefficient (Wildman–Crippen LogP) is 11.8. The van der Waals surface area contributed by atoms with Gasteiger partial charge in [0.15, 0.2) is 0 Å². The summed E-state index contributed by atoms with van der Waals surface area (Å²) < 4.78 is 2.27. The highest BCUT2D eigenvalue weighted by Crippen LogP contribution is 2.34. The Hall–Kier alpha value is -0.420. The monoisotopic (exact) mass is 594 g/mol. The number of halogens is 2. The highest BCUT2D eigenvalue weighted by molar-refractivity contribution is 9.10. The predicted molar refractivity (Wildman–Crippen MR) is 154 cm³/mol. The Balaban J connectivity index is 2.16. The topological polar surface area (TPSA) is 0 Å². The molecule has 2 rings (SSSR count). The lowest BCUT2D eigenvalue weighted by Gasteiger charge is -2.10. The smallest absolute Gasteiger partial charge is 0.0176 e. The minimum atomic E-state index is 1.13. The molecule has 0 unspecified atom stereocenters. The largest absolute Gasteiger partial charge is 0.0946 e. The van der Waals surface area contributed by atoms with E-state index >= 15 is 0 Å². The van der Waals surface area contributed by atoms with Crippen molar-refractivity contribution < 1.29 is 0 Å². The van der Waals surface area contributed by atoms with E-state index in [9.17, 15) is 0 Å². The van der Waals surface area contributed by atoms with Gasteiger partial charge in [-0.3, -0.25) is 0 Å². The molecule has 174 valence electrons. The van der Waals surface area contributed by atoms with Crippen molar-refractivity contribution in [1.29, 1.82) is 0 Å². The van der Waals surface area contributed by atoms with Gasteiger partial charge in [-0.15, -0.1) is 0 Å². The fourth-order valence-corrected chi connectivity index (χ4v) is 5.73. The van der Waals surface area contributed by atoms with Crippen LogP contribution < -0.4 is 0 Å². The first-order valence-corrected chi connectivity index (χ1v) is 15.1. The molecule has 0 bridgehead atoms. The second-order valence-corrected chi connectivity index (χ2v) is 12.2. The molecular weight excluding hydrogens is 560 g/mol. The summed E-state index contributed by atoms with van der Waals surface area (Å²) >= 11 is 10.9. The number of hydrogen-bond donors (Lipinski definition) is 0. The van der Waals surface area contributed by atoms with Crippen LogP contribution in [-0.2, 0) is 0 Å². The lowest BCUT2D eigenvalue weighted by atomic mass is 10.1. The summed E-state index contributed by atoms with van der Waals surface area (Å²) in [5.41, 5.74) is 0. The molecule has 0 saturated heterocycles. The normalized spacial score (nSPS) is 12.4. The van der Waals surface area contributed by atoms with Crippen LogP contribution in [-0.4, -0.2) is 0 Å². The molecule has 0 radical (unpaired) electrons. The van der Waals surface area contributed by atoms with Crippen LogP contribution in [0.4, 0.5) is 0 Å². The van der Waals surface area contributed by atoms with Crippen LogP contribution in [0.25, 0.3) is 0 Å². The molecule has 0 saturated carbocycles. The summed E-state index contributed by atoms with van der Waals surface area (Å²) in [5, 5.41) is 0. The van der Waals surface area contributed by atoms with E-state index in [2.05, 4.69) is 106 Å². The van der Waals surface area contributed by atoms with Crippen molar-refractivity contribution in [3.8, 4) is 0 Å². The van der Waals surface area contributed by atoms with E-state index in [-0.39, 0.29) is 0 Å². The van der Waals surface area contributed by atoms with Crippen molar-refractivity contribution in [1.82, 2.24) is 0 Å². The van der Waals surface area contributed by atoms with Crippen LogP contribution in [0.1, 0.15) is 78.1 Å². The van der Waals surface area contributed by atoms with Gasteiger partial charge in [0.25, 0.3) is 0 Å². The summed E-state index contributed by atoms with van der Waals surface area (Å²) in [7, 11) is 0. The van der Waals surface area contributed by atoms with E-state index in [4.69, 9.17) is 0 Å². The van der Waals surface area contributed by atoms with Crippen molar-refractivity contribution in [2.24, 2.45) is 0 Å². The highest BCUT2D eigenvalue weighted by atomic mass is 79.9. The Kier molecular flexibility index (Phi) is 14.8. The third kappa shape index (κ3) is 12.2. The Morgan fingerprint density at radius 2 is 0.969 bits per heavy atom. The number of unbranched alkanes of at least 4 members (excludes halogenated alkanes) is 6. The van der Waals surface area contributed by atoms with E-state index < -0.39 is 0 Å². The van der Waals surface area contributed by atoms with E-state index in [0.29, 0.717) is 0 Å².